The van der Waals surface area contributed by atoms with Crippen molar-refractivity contribution in [1.82, 2.24) is 0 Å². The lowest BCUT2D eigenvalue weighted by atomic mass is 9.88. The van der Waals surface area contributed by atoms with Gasteiger partial charge in [-0.25, -0.2) is 0 Å². The lowest BCUT2D eigenvalue weighted by molar-refractivity contribution is -0.975. The summed E-state index contributed by atoms with van der Waals surface area (Å²) in [5.74, 6) is -59.7. The van der Waals surface area contributed by atoms with E-state index in [1.807, 2.05) is 0 Å². The molecule has 194 valence electrons. The van der Waals surface area contributed by atoms with Crippen LogP contribution < -0.4 is 0 Å². The van der Waals surface area contributed by atoms with Crippen molar-refractivity contribution in [2.24, 2.45) is 0 Å². The molecule has 0 aromatic heterocycles. The molecule has 1 nitrogen and oxygen atoms in total. The van der Waals surface area contributed by atoms with Crippen LogP contribution in [0.5, 0.6) is 0 Å². The van der Waals surface area contributed by atoms with Gasteiger partial charge in [0.15, 0.2) is 0 Å². The van der Waals surface area contributed by atoms with Gasteiger partial charge in [0.25, 0.3) is 0 Å². The Hall–Kier alpha value is -1.37. The minimum absolute atomic E-state index is 0.132. The molecule has 0 rings (SSSR count). The van der Waals surface area contributed by atoms with Crippen LogP contribution in [0.2, 0.25) is 0 Å². The summed E-state index contributed by atoms with van der Waals surface area (Å²) in [5, 5.41) is 0. The van der Waals surface area contributed by atoms with Crippen LogP contribution in [0.25, 0.3) is 0 Å². The highest BCUT2D eigenvalue weighted by atomic mass is 19.4. The van der Waals surface area contributed by atoms with E-state index in [1.165, 1.54) is 0 Å². The Morgan fingerprint density at radius 3 is 0.688 bits per heavy atom. The topological polar surface area (TPSA) is 0 Å². The van der Waals surface area contributed by atoms with Gasteiger partial charge in [-0.1, -0.05) is 0 Å². The standard InChI is InChI=1S/C12H9F19N/c1-32(2,3)12(30,31)10(25,26)8(21,22)6(17,18)4(13,14)5(15,16)7(19,20)9(23,24)11(27,28)29/h1-3H3/q+1. The van der Waals surface area contributed by atoms with E-state index >= 15 is 0 Å². The van der Waals surface area contributed by atoms with E-state index in [9.17, 15) is 83.4 Å². The summed E-state index contributed by atoms with van der Waals surface area (Å²) < 4.78 is 245. The third-order valence-corrected chi connectivity index (χ3v) is 3.94. The predicted octanol–water partition coefficient (Wildman–Crippen LogP) is 6.29. The average Bonchev–Trinajstić information content (AvgIpc) is 2.51. The Balaban J connectivity index is 7.00. The smallest absolute Gasteiger partial charge is 0.265 e. The maximum Gasteiger partial charge on any atom is 0.461 e. The Morgan fingerprint density at radius 2 is 0.500 bits per heavy atom. The molecule has 0 aromatic rings. The van der Waals surface area contributed by atoms with Crippen molar-refractivity contribution in [3.8, 4) is 0 Å². The average molecular weight is 528 g/mol. The molecule has 0 saturated carbocycles. The fraction of sp³-hybridized carbons (Fsp3) is 1.00. The Morgan fingerprint density at radius 1 is 0.312 bits per heavy atom. The molecule has 0 heterocycles. The lowest BCUT2D eigenvalue weighted by Crippen LogP contribution is -2.77. The molecule has 0 amide bonds. The monoisotopic (exact) mass is 528 g/mol. The van der Waals surface area contributed by atoms with Crippen LogP contribution in [0.15, 0.2) is 0 Å². The van der Waals surface area contributed by atoms with Crippen molar-refractivity contribution in [3.05, 3.63) is 0 Å². The molecule has 0 fully saturated rings. The molecular weight excluding hydrogens is 519 g/mol. The number of alkyl halides is 19. The summed E-state index contributed by atoms with van der Waals surface area (Å²) in [6.45, 7) is 0. The van der Waals surface area contributed by atoms with Crippen molar-refractivity contribution in [1.29, 1.82) is 0 Å². The second-order valence-electron chi connectivity index (χ2n) is 7.07. The maximum absolute atomic E-state index is 13.6. The van der Waals surface area contributed by atoms with Crippen LogP contribution >= 0.6 is 0 Å². The largest absolute Gasteiger partial charge is 0.461 e. The zero-order valence-electron chi connectivity index (χ0n) is 15.1. The van der Waals surface area contributed by atoms with Crippen LogP contribution in [0.1, 0.15) is 0 Å². The summed E-state index contributed by atoms with van der Waals surface area (Å²) in [6.07, 6.45) is -7.88. The highest BCUT2D eigenvalue weighted by Crippen LogP contribution is 2.65. The number of rotatable bonds is 8. The van der Waals surface area contributed by atoms with E-state index in [4.69, 9.17) is 0 Å². The number of nitrogens with zero attached hydrogens (tertiary/aromatic N) is 1. The van der Waals surface area contributed by atoms with E-state index in [0.29, 0.717) is 0 Å². The number of hydrogen-bond acceptors (Lipinski definition) is 0. The van der Waals surface area contributed by atoms with Crippen molar-refractivity contribution < 1.29 is 87.9 Å². The maximum atomic E-state index is 13.6. The third-order valence-electron chi connectivity index (χ3n) is 3.94. The third kappa shape index (κ3) is 3.45. The first-order valence-corrected chi connectivity index (χ1v) is 7.16. The first-order chi connectivity index (χ1) is 13.2. The van der Waals surface area contributed by atoms with Crippen LogP contribution in [0, 0.1) is 0 Å². The molecule has 0 N–H and O–H groups in total. The van der Waals surface area contributed by atoms with Gasteiger partial charge >= 0.3 is 53.7 Å². The van der Waals surface area contributed by atoms with Gasteiger partial charge in [0.05, 0.1) is 21.1 Å². The van der Waals surface area contributed by atoms with Gasteiger partial charge in [-0.3, -0.25) is 4.48 Å². The highest BCUT2D eigenvalue weighted by molar-refractivity contribution is 5.16. The molecule has 0 radical (unpaired) electrons. The lowest BCUT2D eigenvalue weighted by Gasteiger charge is -2.45. The van der Waals surface area contributed by atoms with Gasteiger partial charge < -0.3 is 0 Å². The minimum Gasteiger partial charge on any atom is -0.265 e. The summed E-state index contributed by atoms with van der Waals surface area (Å²) >= 11 is 0. The summed E-state index contributed by atoms with van der Waals surface area (Å²) in [5.41, 5.74) is 0. The molecule has 0 saturated heterocycles. The fourth-order valence-electron chi connectivity index (χ4n) is 1.77. The van der Waals surface area contributed by atoms with Gasteiger partial charge in [0.1, 0.15) is 0 Å². The first kappa shape index (κ1) is 30.6. The number of quaternary nitrogens is 1. The van der Waals surface area contributed by atoms with Crippen molar-refractivity contribution >= 4 is 0 Å². The molecular formula is C12H9F19N+. The van der Waals surface area contributed by atoms with Crippen LogP contribution in [-0.2, 0) is 0 Å². The van der Waals surface area contributed by atoms with Gasteiger partial charge in [-0.2, -0.15) is 74.6 Å². The van der Waals surface area contributed by atoms with Crippen molar-refractivity contribution in [2.75, 3.05) is 21.1 Å². The number of hydrogen-bond donors (Lipinski definition) is 0. The molecule has 0 atom stereocenters. The normalized spacial score (nSPS) is 17.1. The molecule has 0 aromatic carbocycles. The molecule has 0 spiro atoms. The Labute approximate surface area is 164 Å². The highest BCUT2D eigenvalue weighted by Gasteiger charge is 2.97. The molecule has 0 unspecified atom stereocenters. The molecule has 0 bridgehead atoms. The number of halogens is 19. The van der Waals surface area contributed by atoms with E-state index in [1.54, 1.807) is 0 Å². The zero-order chi connectivity index (χ0) is 27.0. The Kier molecular flexibility index (Phi) is 6.76. The zero-order valence-corrected chi connectivity index (χ0v) is 15.1. The van der Waals surface area contributed by atoms with Crippen molar-refractivity contribution in [3.63, 3.8) is 0 Å². The SMILES string of the molecule is C[N+](C)(C)C(F)(F)C(F)(F)C(F)(F)C(F)(F)C(F)(F)C(F)(F)C(F)(F)C(F)(F)C(F)(F)F. The minimum atomic E-state index is -8.88. The van der Waals surface area contributed by atoms with Crippen LogP contribution in [-0.4, -0.2) is 79.3 Å². The van der Waals surface area contributed by atoms with Gasteiger partial charge in [0, 0.05) is 0 Å². The molecule has 0 aliphatic carbocycles. The molecule has 20 heteroatoms. The van der Waals surface area contributed by atoms with E-state index < -0.39 is 58.2 Å². The second kappa shape index (κ2) is 7.07. The molecule has 0 aliphatic rings. The predicted molar refractivity (Wildman–Crippen MR) is 63.7 cm³/mol. The summed E-state index contributed by atoms with van der Waals surface area (Å²) in [7, 11) is -0.396. The van der Waals surface area contributed by atoms with E-state index in [2.05, 4.69) is 0 Å². The second-order valence-corrected chi connectivity index (χ2v) is 7.07. The van der Waals surface area contributed by atoms with Crippen LogP contribution in [0.4, 0.5) is 83.4 Å². The van der Waals surface area contributed by atoms with E-state index in [-0.39, 0.29) is 21.1 Å². The van der Waals surface area contributed by atoms with Gasteiger partial charge in [0.2, 0.25) is 0 Å². The summed E-state index contributed by atoms with van der Waals surface area (Å²) in [6, 6.07) is -6.55. The van der Waals surface area contributed by atoms with Crippen molar-refractivity contribution in [2.45, 2.75) is 53.7 Å². The van der Waals surface area contributed by atoms with Gasteiger partial charge in [-0.05, 0) is 0 Å². The Bertz CT molecular complexity index is 634. The molecule has 0 aliphatic heterocycles. The quantitative estimate of drug-likeness (QED) is 0.197. The fourth-order valence-corrected chi connectivity index (χ4v) is 1.77. The van der Waals surface area contributed by atoms with E-state index in [0.717, 1.165) is 0 Å². The first-order valence-electron chi connectivity index (χ1n) is 7.16. The van der Waals surface area contributed by atoms with Gasteiger partial charge in [-0.15, -0.1) is 8.78 Å². The van der Waals surface area contributed by atoms with Crippen LogP contribution in [0.3, 0.4) is 0 Å². The summed E-state index contributed by atoms with van der Waals surface area (Å²) in [4.78, 5) is 0. The molecule has 32 heavy (non-hydrogen) atoms.